The minimum Gasteiger partial charge on any atom is -0.338 e. The molecule has 0 aliphatic carbocycles. The van der Waals surface area contributed by atoms with Crippen molar-refractivity contribution in [2.75, 3.05) is 32.7 Å². The van der Waals surface area contributed by atoms with Crippen LogP contribution in [0.15, 0.2) is 36.4 Å². The monoisotopic (exact) mass is 287 g/mol. The second kappa shape index (κ2) is 8.47. The van der Waals surface area contributed by atoms with Gasteiger partial charge in [-0.2, -0.15) is 0 Å². The van der Waals surface area contributed by atoms with Crippen molar-refractivity contribution < 1.29 is 4.79 Å². The van der Waals surface area contributed by atoms with Crippen molar-refractivity contribution in [1.29, 1.82) is 0 Å². The Morgan fingerprint density at radius 1 is 1.33 bits per heavy atom. The van der Waals surface area contributed by atoms with Gasteiger partial charge >= 0.3 is 6.03 Å². The number of carbonyl (C=O) groups excluding carboxylic acids is 1. The highest BCUT2D eigenvalue weighted by Gasteiger charge is 2.21. The quantitative estimate of drug-likeness (QED) is 0.843. The van der Waals surface area contributed by atoms with E-state index in [0.29, 0.717) is 12.5 Å². The van der Waals surface area contributed by atoms with Gasteiger partial charge in [0.1, 0.15) is 0 Å². The highest BCUT2D eigenvalue weighted by molar-refractivity contribution is 5.73. The third-order valence-electron chi connectivity index (χ3n) is 3.73. The van der Waals surface area contributed by atoms with E-state index in [-0.39, 0.29) is 6.03 Å². The molecular weight excluding hydrogens is 262 g/mol. The lowest BCUT2D eigenvalue weighted by Crippen LogP contribution is -2.38. The molecular formula is C17H25N3O. The molecule has 1 heterocycles. The van der Waals surface area contributed by atoms with Crippen LogP contribution >= 0.6 is 0 Å². The van der Waals surface area contributed by atoms with Crippen molar-refractivity contribution in [3.8, 4) is 0 Å². The van der Waals surface area contributed by atoms with E-state index in [2.05, 4.69) is 52.0 Å². The van der Waals surface area contributed by atoms with Gasteiger partial charge in [-0.05, 0) is 31.4 Å². The molecule has 1 saturated heterocycles. The summed E-state index contributed by atoms with van der Waals surface area (Å²) in [5, 5.41) is 5.69. The normalized spacial score (nSPS) is 19.0. The number of rotatable bonds is 6. The van der Waals surface area contributed by atoms with Gasteiger partial charge in [0.25, 0.3) is 0 Å². The van der Waals surface area contributed by atoms with Crippen molar-refractivity contribution in [2.45, 2.75) is 13.3 Å². The molecule has 0 aromatic heterocycles. The maximum atomic E-state index is 11.4. The van der Waals surface area contributed by atoms with Gasteiger partial charge < -0.3 is 10.6 Å². The Kier molecular flexibility index (Phi) is 6.28. The second-order valence-corrected chi connectivity index (χ2v) is 5.47. The lowest BCUT2D eigenvalue weighted by molar-refractivity contribution is 0.239. The average molecular weight is 287 g/mol. The number of amides is 2. The number of carbonyl (C=O) groups is 1. The summed E-state index contributed by atoms with van der Waals surface area (Å²) >= 11 is 0. The molecule has 1 aromatic rings. The molecule has 1 aliphatic rings. The fourth-order valence-electron chi connectivity index (χ4n) is 2.61. The van der Waals surface area contributed by atoms with Crippen LogP contribution in [-0.2, 0) is 0 Å². The summed E-state index contributed by atoms with van der Waals surface area (Å²) < 4.78 is 0. The number of benzene rings is 1. The fraction of sp³-hybridized carbons (Fsp3) is 0.471. The number of hydrogen-bond donors (Lipinski definition) is 2. The van der Waals surface area contributed by atoms with Crippen molar-refractivity contribution in [2.24, 2.45) is 5.92 Å². The first-order chi connectivity index (χ1) is 10.3. The second-order valence-electron chi connectivity index (χ2n) is 5.47. The number of likely N-dealkylation sites (tertiary alicyclic amines) is 1. The molecule has 2 rings (SSSR count). The summed E-state index contributed by atoms with van der Waals surface area (Å²) in [5.74, 6) is 0.567. The van der Waals surface area contributed by atoms with Crippen LogP contribution in [0, 0.1) is 5.92 Å². The van der Waals surface area contributed by atoms with Crippen LogP contribution in [0.2, 0.25) is 0 Å². The number of nitrogens with zero attached hydrogens (tertiary/aromatic N) is 1. The predicted molar refractivity (Wildman–Crippen MR) is 87.1 cm³/mol. The molecule has 2 amide bonds. The number of nitrogens with one attached hydrogen (secondary N) is 2. The highest BCUT2D eigenvalue weighted by atomic mass is 16.2. The Morgan fingerprint density at radius 3 is 2.90 bits per heavy atom. The molecule has 1 atom stereocenters. The Labute approximate surface area is 127 Å². The fourth-order valence-corrected chi connectivity index (χ4v) is 2.61. The zero-order chi connectivity index (χ0) is 14.9. The van der Waals surface area contributed by atoms with E-state index in [1.165, 1.54) is 5.56 Å². The van der Waals surface area contributed by atoms with Crippen LogP contribution in [0.4, 0.5) is 4.79 Å². The molecule has 1 fully saturated rings. The zero-order valence-electron chi connectivity index (χ0n) is 12.7. The Hall–Kier alpha value is -1.81. The summed E-state index contributed by atoms with van der Waals surface area (Å²) in [6, 6.07) is 10.3. The minimum absolute atomic E-state index is 0.0556. The van der Waals surface area contributed by atoms with Crippen LogP contribution < -0.4 is 10.6 Å². The van der Waals surface area contributed by atoms with Crippen LogP contribution in [0.1, 0.15) is 18.9 Å². The molecule has 0 unspecified atom stereocenters. The van der Waals surface area contributed by atoms with E-state index in [4.69, 9.17) is 0 Å². The highest BCUT2D eigenvalue weighted by Crippen LogP contribution is 2.15. The molecule has 1 aliphatic heterocycles. The van der Waals surface area contributed by atoms with E-state index in [9.17, 15) is 4.79 Å². The minimum atomic E-state index is -0.0556. The van der Waals surface area contributed by atoms with Gasteiger partial charge in [0.05, 0.1) is 0 Å². The standard InChI is InChI=1S/C17H25N3O/c1-2-18-17(21)19-13-16-10-12-20(14-16)11-6-9-15-7-4-3-5-8-15/h3-9,16H,2,10-14H2,1H3,(H2,18,19,21)/b9-6+/t16-/m1/s1. The SMILES string of the molecule is CCNC(=O)NC[C@H]1CCN(C/C=C/c2ccccc2)C1. The van der Waals surface area contributed by atoms with Gasteiger partial charge in [0.2, 0.25) is 0 Å². The van der Waals surface area contributed by atoms with Gasteiger partial charge in [0, 0.05) is 26.2 Å². The van der Waals surface area contributed by atoms with Gasteiger partial charge in [-0.25, -0.2) is 4.79 Å². The molecule has 0 saturated carbocycles. The summed E-state index contributed by atoms with van der Waals surface area (Å²) in [6.45, 7) is 6.52. The Morgan fingerprint density at radius 2 is 2.14 bits per heavy atom. The molecule has 0 bridgehead atoms. The van der Waals surface area contributed by atoms with Crippen LogP contribution in [-0.4, -0.2) is 43.7 Å². The summed E-state index contributed by atoms with van der Waals surface area (Å²) in [5.41, 5.74) is 1.24. The van der Waals surface area contributed by atoms with Crippen molar-refractivity contribution >= 4 is 12.1 Å². The maximum absolute atomic E-state index is 11.4. The van der Waals surface area contributed by atoms with E-state index >= 15 is 0 Å². The van der Waals surface area contributed by atoms with Crippen LogP contribution in [0.3, 0.4) is 0 Å². The van der Waals surface area contributed by atoms with Crippen LogP contribution in [0.5, 0.6) is 0 Å². The predicted octanol–water partition coefficient (Wildman–Crippen LogP) is 2.34. The third kappa shape index (κ3) is 5.60. The summed E-state index contributed by atoms with van der Waals surface area (Å²) in [6.07, 6.45) is 5.54. The molecule has 0 spiro atoms. The number of hydrogen-bond acceptors (Lipinski definition) is 2. The third-order valence-corrected chi connectivity index (χ3v) is 3.73. The van der Waals surface area contributed by atoms with Crippen LogP contribution in [0.25, 0.3) is 6.08 Å². The number of urea groups is 1. The van der Waals surface area contributed by atoms with E-state index < -0.39 is 0 Å². The Balaban J connectivity index is 1.66. The smallest absolute Gasteiger partial charge is 0.314 e. The molecule has 0 radical (unpaired) electrons. The summed E-state index contributed by atoms with van der Waals surface area (Å²) in [4.78, 5) is 13.8. The zero-order valence-corrected chi connectivity index (χ0v) is 12.7. The first kappa shape index (κ1) is 15.6. The molecule has 4 nitrogen and oxygen atoms in total. The van der Waals surface area contributed by atoms with Gasteiger partial charge in [0.15, 0.2) is 0 Å². The molecule has 21 heavy (non-hydrogen) atoms. The van der Waals surface area contributed by atoms with E-state index in [1.807, 2.05) is 13.0 Å². The molecule has 114 valence electrons. The van der Waals surface area contributed by atoms with Crippen molar-refractivity contribution in [1.82, 2.24) is 15.5 Å². The molecule has 4 heteroatoms. The molecule has 1 aromatic carbocycles. The van der Waals surface area contributed by atoms with Gasteiger partial charge in [-0.15, -0.1) is 0 Å². The van der Waals surface area contributed by atoms with Gasteiger partial charge in [-0.3, -0.25) is 4.90 Å². The average Bonchev–Trinajstić information content (AvgIpc) is 2.95. The van der Waals surface area contributed by atoms with Gasteiger partial charge in [-0.1, -0.05) is 42.5 Å². The van der Waals surface area contributed by atoms with Crippen molar-refractivity contribution in [3.05, 3.63) is 42.0 Å². The van der Waals surface area contributed by atoms with E-state index in [1.54, 1.807) is 0 Å². The van der Waals surface area contributed by atoms with Crippen molar-refractivity contribution in [3.63, 3.8) is 0 Å². The molecule has 2 N–H and O–H groups in total. The topological polar surface area (TPSA) is 44.4 Å². The lowest BCUT2D eigenvalue weighted by Gasteiger charge is -2.14. The lowest BCUT2D eigenvalue weighted by atomic mass is 10.1. The first-order valence-electron chi connectivity index (χ1n) is 7.73. The maximum Gasteiger partial charge on any atom is 0.314 e. The van der Waals surface area contributed by atoms with E-state index in [0.717, 1.165) is 32.6 Å². The first-order valence-corrected chi connectivity index (χ1v) is 7.73. The Bertz CT molecular complexity index is 458. The summed E-state index contributed by atoms with van der Waals surface area (Å²) in [7, 11) is 0. The largest absolute Gasteiger partial charge is 0.338 e.